The minimum absolute atomic E-state index is 0.309. The maximum Gasteiger partial charge on any atom is 0.121 e. The molecule has 5 heteroatoms. The molecule has 0 aromatic heterocycles. The highest BCUT2D eigenvalue weighted by atomic mass is 35.5. The molecule has 1 aromatic rings. The van der Waals surface area contributed by atoms with Crippen molar-refractivity contribution in [1.82, 2.24) is 4.90 Å². The summed E-state index contributed by atoms with van der Waals surface area (Å²) in [6.07, 6.45) is 7.92. The van der Waals surface area contributed by atoms with Crippen molar-refractivity contribution in [1.29, 1.82) is 0 Å². The van der Waals surface area contributed by atoms with Crippen LogP contribution in [0.3, 0.4) is 0 Å². The summed E-state index contributed by atoms with van der Waals surface area (Å²) in [7, 11) is 0. The largest absolute Gasteiger partial charge is 0.491 e. The van der Waals surface area contributed by atoms with E-state index < -0.39 is 5.60 Å². The van der Waals surface area contributed by atoms with Crippen LogP contribution in [0.15, 0.2) is 18.2 Å². The number of nitrogens with zero attached hydrogens (tertiary/aromatic N) is 1. The summed E-state index contributed by atoms with van der Waals surface area (Å²) >= 11 is 11.9. The van der Waals surface area contributed by atoms with E-state index in [4.69, 9.17) is 27.9 Å². The molecule has 0 spiro atoms. The van der Waals surface area contributed by atoms with Crippen LogP contribution in [-0.4, -0.2) is 41.3 Å². The lowest BCUT2D eigenvalue weighted by molar-refractivity contribution is -0.0174. The molecule has 1 aromatic carbocycles. The smallest absolute Gasteiger partial charge is 0.121 e. The van der Waals surface area contributed by atoms with Gasteiger partial charge in [0.1, 0.15) is 12.4 Å². The van der Waals surface area contributed by atoms with E-state index in [1.165, 1.54) is 25.7 Å². The monoisotopic (exact) mass is 357 g/mol. The fraction of sp³-hybridized carbons (Fsp3) is 0.667. The zero-order valence-corrected chi connectivity index (χ0v) is 15.0. The first-order chi connectivity index (χ1) is 11.1. The second kappa shape index (κ2) is 7.60. The van der Waals surface area contributed by atoms with Gasteiger partial charge in [0.25, 0.3) is 0 Å². The number of benzene rings is 1. The van der Waals surface area contributed by atoms with Crippen molar-refractivity contribution in [3.63, 3.8) is 0 Å². The average molecular weight is 358 g/mol. The molecule has 0 amide bonds. The molecular weight excluding hydrogens is 333 g/mol. The van der Waals surface area contributed by atoms with Gasteiger partial charge in [-0.1, -0.05) is 36.0 Å². The molecule has 1 saturated carbocycles. The van der Waals surface area contributed by atoms with Crippen molar-refractivity contribution in [3.8, 4) is 5.75 Å². The molecule has 0 radical (unpaired) electrons. The van der Waals surface area contributed by atoms with Gasteiger partial charge in [-0.3, -0.25) is 0 Å². The SMILES string of the molecule is O[C@]1(COc2ccc(Cl)c(Cl)c2)CCCN(C2CCCC2)CC1. The fourth-order valence-electron chi connectivity index (χ4n) is 3.76. The van der Waals surface area contributed by atoms with Crippen molar-refractivity contribution >= 4 is 23.2 Å². The van der Waals surface area contributed by atoms with E-state index in [2.05, 4.69) is 4.90 Å². The van der Waals surface area contributed by atoms with Crippen LogP contribution in [0, 0.1) is 0 Å². The molecule has 2 aliphatic rings. The van der Waals surface area contributed by atoms with Crippen molar-refractivity contribution < 1.29 is 9.84 Å². The van der Waals surface area contributed by atoms with Crippen molar-refractivity contribution in [2.45, 2.75) is 56.6 Å². The van der Waals surface area contributed by atoms with E-state index in [1.54, 1.807) is 18.2 Å². The van der Waals surface area contributed by atoms with Gasteiger partial charge in [-0.25, -0.2) is 0 Å². The van der Waals surface area contributed by atoms with Crippen molar-refractivity contribution in [2.75, 3.05) is 19.7 Å². The predicted molar refractivity (Wildman–Crippen MR) is 94.6 cm³/mol. The molecule has 1 atom stereocenters. The normalized spacial score (nSPS) is 27.1. The Morgan fingerprint density at radius 2 is 1.87 bits per heavy atom. The molecule has 1 aliphatic heterocycles. The molecule has 128 valence electrons. The number of halogens is 2. The molecule has 0 bridgehead atoms. The van der Waals surface area contributed by atoms with Crippen LogP contribution in [0.1, 0.15) is 44.9 Å². The Bertz CT molecular complexity index is 534. The summed E-state index contributed by atoms with van der Waals surface area (Å²) in [6.45, 7) is 2.37. The Hall–Kier alpha value is -0.480. The van der Waals surface area contributed by atoms with Crippen LogP contribution in [-0.2, 0) is 0 Å². The van der Waals surface area contributed by atoms with Gasteiger partial charge in [-0.2, -0.15) is 0 Å². The first-order valence-corrected chi connectivity index (χ1v) is 9.36. The second-order valence-electron chi connectivity index (χ2n) is 6.92. The number of hydrogen-bond acceptors (Lipinski definition) is 3. The molecule has 1 heterocycles. The zero-order chi connectivity index (χ0) is 16.3. The predicted octanol–water partition coefficient (Wildman–Crippen LogP) is 4.53. The third-order valence-electron chi connectivity index (χ3n) is 5.19. The third kappa shape index (κ3) is 4.54. The maximum atomic E-state index is 10.9. The van der Waals surface area contributed by atoms with Gasteiger partial charge >= 0.3 is 0 Å². The number of hydrogen-bond donors (Lipinski definition) is 1. The molecule has 1 saturated heterocycles. The maximum absolute atomic E-state index is 10.9. The highest BCUT2D eigenvalue weighted by Gasteiger charge is 2.33. The van der Waals surface area contributed by atoms with E-state index in [0.29, 0.717) is 22.4 Å². The quantitative estimate of drug-likeness (QED) is 0.858. The lowest BCUT2D eigenvalue weighted by Crippen LogP contribution is -2.39. The Labute approximate surface area is 148 Å². The summed E-state index contributed by atoms with van der Waals surface area (Å²) in [5.41, 5.74) is -0.751. The van der Waals surface area contributed by atoms with Crippen LogP contribution < -0.4 is 4.74 Å². The Kier molecular flexibility index (Phi) is 5.74. The Morgan fingerprint density at radius 1 is 1.09 bits per heavy atom. The first kappa shape index (κ1) is 17.3. The van der Waals surface area contributed by atoms with Crippen LogP contribution in [0.4, 0.5) is 0 Å². The standard InChI is InChI=1S/C18H25Cl2NO2/c19-16-7-6-15(12-17(16)20)23-13-18(22)8-3-10-21(11-9-18)14-4-1-2-5-14/h6-7,12,14,22H,1-5,8-11,13H2/t18-/m1/s1. The number of rotatable bonds is 4. The third-order valence-corrected chi connectivity index (χ3v) is 5.93. The highest BCUT2D eigenvalue weighted by Crippen LogP contribution is 2.31. The number of likely N-dealkylation sites (tertiary alicyclic amines) is 1. The molecule has 3 nitrogen and oxygen atoms in total. The summed E-state index contributed by atoms with van der Waals surface area (Å²) in [6, 6.07) is 5.94. The molecule has 1 aliphatic carbocycles. The highest BCUT2D eigenvalue weighted by molar-refractivity contribution is 6.42. The van der Waals surface area contributed by atoms with E-state index in [9.17, 15) is 5.11 Å². The van der Waals surface area contributed by atoms with Gasteiger partial charge in [-0.15, -0.1) is 0 Å². The Morgan fingerprint density at radius 3 is 2.61 bits per heavy atom. The Balaban J connectivity index is 1.55. The van der Waals surface area contributed by atoms with Gasteiger partial charge < -0.3 is 14.7 Å². The summed E-state index contributed by atoms with van der Waals surface area (Å²) in [5, 5.41) is 11.9. The summed E-state index contributed by atoms with van der Waals surface area (Å²) in [5.74, 6) is 0.657. The number of aliphatic hydroxyl groups is 1. The summed E-state index contributed by atoms with van der Waals surface area (Å²) < 4.78 is 5.79. The van der Waals surface area contributed by atoms with Gasteiger partial charge in [-0.05, 0) is 50.8 Å². The number of ether oxygens (including phenoxy) is 1. The van der Waals surface area contributed by atoms with E-state index in [0.717, 1.165) is 38.4 Å². The van der Waals surface area contributed by atoms with Gasteiger partial charge in [0.15, 0.2) is 0 Å². The lowest BCUT2D eigenvalue weighted by Gasteiger charge is -2.29. The van der Waals surface area contributed by atoms with Gasteiger partial charge in [0.05, 0.1) is 15.6 Å². The van der Waals surface area contributed by atoms with E-state index in [1.807, 2.05) is 0 Å². The lowest BCUT2D eigenvalue weighted by atomic mass is 9.96. The zero-order valence-electron chi connectivity index (χ0n) is 13.4. The molecule has 2 fully saturated rings. The van der Waals surface area contributed by atoms with E-state index >= 15 is 0 Å². The van der Waals surface area contributed by atoms with Gasteiger partial charge in [0.2, 0.25) is 0 Å². The molecule has 3 rings (SSSR count). The molecule has 1 N–H and O–H groups in total. The summed E-state index contributed by atoms with van der Waals surface area (Å²) in [4.78, 5) is 2.57. The van der Waals surface area contributed by atoms with Crippen LogP contribution in [0.5, 0.6) is 5.75 Å². The molecule has 0 unspecified atom stereocenters. The second-order valence-corrected chi connectivity index (χ2v) is 7.73. The van der Waals surface area contributed by atoms with Crippen LogP contribution in [0.2, 0.25) is 10.0 Å². The topological polar surface area (TPSA) is 32.7 Å². The minimum atomic E-state index is -0.751. The van der Waals surface area contributed by atoms with Crippen molar-refractivity contribution in [3.05, 3.63) is 28.2 Å². The van der Waals surface area contributed by atoms with Crippen LogP contribution >= 0.6 is 23.2 Å². The molecule has 23 heavy (non-hydrogen) atoms. The van der Waals surface area contributed by atoms with Gasteiger partial charge in [0, 0.05) is 18.7 Å². The van der Waals surface area contributed by atoms with E-state index in [-0.39, 0.29) is 0 Å². The minimum Gasteiger partial charge on any atom is -0.491 e. The first-order valence-electron chi connectivity index (χ1n) is 8.60. The van der Waals surface area contributed by atoms with Crippen LogP contribution in [0.25, 0.3) is 0 Å². The fourth-order valence-corrected chi connectivity index (χ4v) is 4.05. The van der Waals surface area contributed by atoms with Crippen molar-refractivity contribution in [2.24, 2.45) is 0 Å². The molecular formula is C18H25Cl2NO2. The average Bonchev–Trinajstić information content (AvgIpc) is 2.99.